The molecule has 1 N–H and O–H groups in total. The highest BCUT2D eigenvalue weighted by Gasteiger charge is 2.45. The lowest BCUT2D eigenvalue weighted by Gasteiger charge is -2.07. The first-order valence-electron chi connectivity index (χ1n) is 5.98. The van der Waals surface area contributed by atoms with Crippen LogP contribution in [0.2, 0.25) is 0 Å². The SMILES string of the molecule is Cc1nnc2c(NCC3CC3(C)C)nccn12. The molecule has 2 heterocycles. The maximum Gasteiger partial charge on any atom is 0.203 e. The highest BCUT2D eigenvalue weighted by molar-refractivity contribution is 5.62. The van der Waals surface area contributed by atoms with E-state index in [9.17, 15) is 0 Å². The molecule has 2 aromatic rings. The predicted octanol–water partition coefficient (Wildman–Crippen LogP) is 1.89. The summed E-state index contributed by atoms with van der Waals surface area (Å²) >= 11 is 0. The smallest absolute Gasteiger partial charge is 0.203 e. The Kier molecular flexibility index (Phi) is 2.11. The minimum absolute atomic E-state index is 0.488. The van der Waals surface area contributed by atoms with Crippen molar-refractivity contribution in [3.05, 3.63) is 18.2 Å². The molecule has 0 radical (unpaired) electrons. The first-order chi connectivity index (χ1) is 8.08. The molecular formula is C12H17N5. The van der Waals surface area contributed by atoms with Crippen LogP contribution in [-0.2, 0) is 0 Å². The summed E-state index contributed by atoms with van der Waals surface area (Å²) in [6.45, 7) is 7.50. The Labute approximate surface area is 100 Å². The van der Waals surface area contributed by atoms with Crippen LogP contribution in [0, 0.1) is 18.3 Å². The van der Waals surface area contributed by atoms with E-state index in [0.29, 0.717) is 5.41 Å². The molecule has 1 unspecified atom stereocenters. The molecule has 5 nitrogen and oxygen atoms in total. The lowest BCUT2D eigenvalue weighted by Crippen LogP contribution is -2.09. The predicted molar refractivity (Wildman–Crippen MR) is 65.9 cm³/mol. The van der Waals surface area contributed by atoms with Gasteiger partial charge in [-0.1, -0.05) is 13.8 Å². The van der Waals surface area contributed by atoms with E-state index in [2.05, 4.69) is 34.3 Å². The number of hydrogen-bond acceptors (Lipinski definition) is 4. The second-order valence-electron chi connectivity index (χ2n) is 5.49. The number of aromatic nitrogens is 4. The highest BCUT2D eigenvalue weighted by atomic mass is 15.3. The highest BCUT2D eigenvalue weighted by Crippen LogP contribution is 2.51. The standard InChI is InChI=1S/C12H17N5/c1-8-15-16-11-10(13-4-5-17(8)11)14-7-9-6-12(9,2)3/h4-5,9H,6-7H2,1-3H3,(H,13,14). The zero-order valence-corrected chi connectivity index (χ0v) is 10.4. The van der Waals surface area contributed by atoms with E-state index in [4.69, 9.17) is 0 Å². The summed E-state index contributed by atoms with van der Waals surface area (Å²) in [6.07, 6.45) is 4.95. The van der Waals surface area contributed by atoms with Gasteiger partial charge in [-0.3, -0.25) is 4.40 Å². The van der Waals surface area contributed by atoms with Gasteiger partial charge in [0, 0.05) is 18.9 Å². The minimum Gasteiger partial charge on any atom is -0.367 e. The minimum atomic E-state index is 0.488. The molecule has 1 aliphatic rings. The number of hydrogen-bond donors (Lipinski definition) is 1. The number of fused-ring (bicyclic) bond motifs is 1. The van der Waals surface area contributed by atoms with Crippen molar-refractivity contribution < 1.29 is 0 Å². The quantitative estimate of drug-likeness (QED) is 0.876. The fourth-order valence-corrected chi connectivity index (χ4v) is 2.21. The van der Waals surface area contributed by atoms with Gasteiger partial charge in [0.2, 0.25) is 5.65 Å². The van der Waals surface area contributed by atoms with Crippen molar-refractivity contribution in [3.63, 3.8) is 0 Å². The molecule has 0 aromatic carbocycles. The summed E-state index contributed by atoms with van der Waals surface area (Å²) in [5.41, 5.74) is 1.30. The maximum absolute atomic E-state index is 4.33. The zero-order valence-electron chi connectivity index (χ0n) is 10.4. The van der Waals surface area contributed by atoms with Crippen molar-refractivity contribution in [1.82, 2.24) is 19.6 Å². The van der Waals surface area contributed by atoms with Crippen LogP contribution in [-0.4, -0.2) is 26.1 Å². The van der Waals surface area contributed by atoms with Crippen LogP contribution in [0.1, 0.15) is 26.1 Å². The van der Waals surface area contributed by atoms with Crippen molar-refractivity contribution in [3.8, 4) is 0 Å². The van der Waals surface area contributed by atoms with Crippen molar-refractivity contribution in [2.24, 2.45) is 11.3 Å². The number of nitrogens with one attached hydrogen (secondary N) is 1. The Balaban J connectivity index is 1.81. The van der Waals surface area contributed by atoms with Crippen molar-refractivity contribution in [1.29, 1.82) is 0 Å². The first kappa shape index (κ1) is 10.5. The van der Waals surface area contributed by atoms with Gasteiger partial charge in [0.25, 0.3) is 0 Å². The van der Waals surface area contributed by atoms with Crippen LogP contribution in [0.3, 0.4) is 0 Å². The van der Waals surface area contributed by atoms with Crippen LogP contribution in [0.5, 0.6) is 0 Å². The fourth-order valence-electron chi connectivity index (χ4n) is 2.21. The number of aryl methyl sites for hydroxylation is 1. The second-order valence-corrected chi connectivity index (χ2v) is 5.49. The van der Waals surface area contributed by atoms with Crippen LogP contribution in [0.25, 0.3) is 5.65 Å². The molecule has 0 saturated heterocycles. The third kappa shape index (κ3) is 1.75. The van der Waals surface area contributed by atoms with Crippen LogP contribution >= 0.6 is 0 Å². The normalized spacial score (nSPS) is 21.7. The van der Waals surface area contributed by atoms with Gasteiger partial charge in [0.1, 0.15) is 5.82 Å². The summed E-state index contributed by atoms with van der Waals surface area (Å²) in [7, 11) is 0. The van der Waals surface area contributed by atoms with Gasteiger partial charge in [-0.2, -0.15) is 0 Å². The van der Waals surface area contributed by atoms with E-state index in [-0.39, 0.29) is 0 Å². The third-order valence-electron chi connectivity index (χ3n) is 3.73. The van der Waals surface area contributed by atoms with Gasteiger partial charge >= 0.3 is 0 Å². The Hall–Kier alpha value is -1.65. The average Bonchev–Trinajstić information content (AvgIpc) is 2.71. The third-order valence-corrected chi connectivity index (χ3v) is 3.73. The molecule has 0 spiro atoms. The van der Waals surface area contributed by atoms with Crippen molar-refractivity contribution in [2.75, 3.05) is 11.9 Å². The second kappa shape index (κ2) is 3.42. The topological polar surface area (TPSA) is 55.1 Å². The van der Waals surface area contributed by atoms with Crippen LogP contribution in [0.15, 0.2) is 12.4 Å². The molecule has 17 heavy (non-hydrogen) atoms. The zero-order chi connectivity index (χ0) is 12.0. The summed E-state index contributed by atoms with van der Waals surface area (Å²) in [5, 5.41) is 11.6. The van der Waals surface area contributed by atoms with Crippen molar-refractivity contribution in [2.45, 2.75) is 27.2 Å². The number of anilines is 1. The van der Waals surface area contributed by atoms with Crippen LogP contribution in [0.4, 0.5) is 5.82 Å². The maximum atomic E-state index is 4.33. The van der Waals surface area contributed by atoms with Crippen molar-refractivity contribution >= 4 is 11.5 Å². The van der Waals surface area contributed by atoms with Gasteiger partial charge in [-0.05, 0) is 24.7 Å². The van der Waals surface area contributed by atoms with Gasteiger partial charge in [-0.25, -0.2) is 4.98 Å². The molecule has 2 aromatic heterocycles. The summed E-state index contributed by atoms with van der Waals surface area (Å²) in [4.78, 5) is 4.33. The molecule has 3 rings (SSSR count). The molecule has 5 heteroatoms. The summed E-state index contributed by atoms with van der Waals surface area (Å²) < 4.78 is 1.95. The Morgan fingerprint density at radius 2 is 2.24 bits per heavy atom. The van der Waals surface area contributed by atoms with Gasteiger partial charge in [-0.15, -0.1) is 10.2 Å². The van der Waals surface area contributed by atoms with E-state index in [1.165, 1.54) is 6.42 Å². The molecule has 0 amide bonds. The van der Waals surface area contributed by atoms with Gasteiger partial charge in [0.05, 0.1) is 0 Å². The van der Waals surface area contributed by atoms with E-state index >= 15 is 0 Å². The molecule has 1 aliphatic carbocycles. The van der Waals surface area contributed by atoms with E-state index in [1.807, 2.05) is 17.5 Å². The van der Waals surface area contributed by atoms with E-state index in [0.717, 1.165) is 29.8 Å². The summed E-state index contributed by atoms with van der Waals surface area (Å²) in [5.74, 6) is 2.46. The van der Waals surface area contributed by atoms with Crippen LogP contribution < -0.4 is 5.32 Å². The monoisotopic (exact) mass is 231 g/mol. The fraction of sp³-hybridized carbons (Fsp3) is 0.583. The Morgan fingerprint density at radius 3 is 2.94 bits per heavy atom. The molecule has 1 saturated carbocycles. The average molecular weight is 231 g/mol. The first-order valence-corrected chi connectivity index (χ1v) is 5.98. The Bertz CT molecular complexity index is 557. The Morgan fingerprint density at radius 1 is 1.47 bits per heavy atom. The molecule has 1 atom stereocenters. The molecule has 0 aliphatic heterocycles. The molecular weight excluding hydrogens is 214 g/mol. The number of nitrogens with zero attached hydrogens (tertiary/aromatic N) is 4. The number of rotatable bonds is 3. The molecule has 1 fully saturated rings. The molecule has 90 valence electrons. The van der Waals surface area contributed by atoms with Gasteiger partial charge < -0.3 is 5.32 Å². The molecule has 0 bridgehead atoms. The largest absolute Gasteiger partial charge is 0.367 e. The lowest BCUT2D eigenvalue weighted by molar-refractivity contribution is 0.573. The van der Waals surface area contributed by atoms with Gasteiger partial charge in [0.15, 0.2) is 5.82 Å². The summed E-state index contributed by atoms with van der Waals surface area (Å²) in [6, 6.07) is 0. The lowest BCUT2D eigenvalue weighted by atomic mass is 10.1. The van der Waals surface area contributed by atoms with E-state index in [1.54, 1.807) is 6.20 Å². The van der Waals surface area contributed by atoms with E-state index < -0.39 is 0 Å².